The summed E-state index contributed by atoms with van der Waals surface area (Å²) in [4.78, 5) is 7.95. The third kappa shape index (κ3) is 3.96. The minimum Gasteiger partial charge on any atom is -0.435 e. The predicted octanol–water partition coefficient (Wildman–Crippen LogP) is 4.44. The van der Waals surface area contributed by atoms with Crippen LogP contribution in [0.1, 0.15) is 0 Å². The Kier molecular flexibility index (Phi) is 4.91. The van der Waals surface area contributed by atoms with Crippen molar-refractivity contribution in [3.05, 3.63) is 58.3 Å². The molecule has 0 aromatic carbocycles. The van der Waals surface area contributed by atoms with Gasteiger partial charge in [0.15, 0.2) is 0 Å². The SMILES string of the molecule is O=S(=O)(Nc1cc(Cl)cnc1Oc1cccnc1)c1ccc(Cl)s1. The maximum Gasteiger partial charge on any atom is 0.271 e. The fraction of sp³-hybridized carbons (Fsp3) is 0. The highest BCUT2D eigenvalue weighted by Crippen LogP contribution is 2.33. The highest BCUT2D eigenvalue weighted by Gasteiger charge is 2.20. The van der Waals surface area contributed by atoms with E-state index in [9.17, 15) is 8.42 Å². The van der Waals surface area contributed by atoms with Gasteiger partial charge in [0.05, 0.1) is 15.6 Å². The van der Waals surface area contributed by atoms with Crippen molar-refractivity contribution < 1.29 is 13.2 Å². The molecule has 0 spiro atoms. The lowest BCUT2D eigenvalue weighted by Gasteiger charge is -2.12. The first-order valence-corrected chi connectivity index (χ1v) is 9.51. The number of ether oxygens (including phenoxy) is 1. The van der Waals surface area contributed by atoms with Crippen molar-refractivity contribution in [1.82, 2.24) is 9.97 Å². The van der Waals surface area contributed by atoms with E-state index in [2.05, 4.69) is 14.7 Å². The molecule has 0 unspecified atom stereocenters. The van der Waals surface area contributed by atoms with Gasteiger partial charge in [0, 0.05) is 12.4 Å². The number of nitrogens with one attached hydrogen (secondary N) is 1. The number of anilines is 1. The van der Waals surface area contributed by atoms with E-state index in [0.717, 1.165) is 11.3 Å². The number of halogens is 2. The molecule has 0 saturated carbocycles. The average Bonchev–Trinajstić information content (AvgIpc) is 2.98. The molecule has 1 N–H and O–H groups in total. The molecule has 10 heteroatoms. The highest BCUT2D eigenvalue weighted by atomic mass is 35.5. The first-order chi connectivity index (χ1) is 11.4. The molecule has 124 valence electrons. The summed E-state index contributed by atoms with van der Waals surface area (Å²) in [6, 6.07) is 7.68. The number of pyridine rings is 2. The average molecular weight is 402 g/mol. The molecule has 0 aliphatic rings. The lowest BCUT2D eigenvalue weighted by Crippen LogP contribution is -2.12. The molecule has 6 nitrogen and oxygen atoms in total. The van der Waals surface area contributed by atoms with E-state index >= 15 is 0 Å². The minimum atomic E-state index is -3.83. The maximum atomic E-state index is 12.4. The van der Waals surface area contributed by atoms with Gasteiger partial charge >= 0.3 is 0 Å². The van der Waals surface area contributed by atoms with E-state index in [0.29, 0.717) is 10.1 Å². The van der Waals surface area contributed by atoms with Gasteiger partial charge in [0.1, 0.15) is 15.6 Å². The van der Waals surface area contributed by atoms with Gasteiger partial charge in [0.25, 0.3) is 10.0 Å². The summed E-state index contributed by atoms with van der Waals surface area (Å²) in [7, 11) is -3.83. The summed E-state index contributed by atoms with van der Waals surface area (Å²) in [5.41, 5.74) is 0.107. The van der Waals surface area contributed by atoms with Crippen molar-refractivity contribution in [2.75, 3.05) is 4.72 Å². The fourth-order valence-electron chi connectivity index (χ4n) is 1.74. The first kappa shape index (κ1) is 17.0. The Morgan fingerprint density at radius 3 is 2.67 bits per heavy atom. The molecule has 0 aliphatic carbocycles. The summed E-state index contributed by atoms with van der Waals surface area (Å²) in [5, 5.41) is 0.260. The predicted molar refractivity (Wildman–Crippen MR) is 93.7 cm³/mol. The molecule has 0 bridgehead atoms. The van der Waals surface area contributed by atoms with Crippen LogP contribution < -0.4 is 9.46 Å². The Morgan fingerprint density at radius 2 is 2.00 bits per heavy atom. The summed E-state index contributed by atoms with van der Waals surface area (Å²) in [6.45, 7) is 0. The molecule has 3 aromatic rings. The van der Waals surface area contributed by atoms with E-state index in [1.807, 2.05) is 0 Å². The number of sulfonamides is 1. The van der Waals surface area contributed by atoms with Gasteiger partial charge in [-0.2, -0.15) is 0 Å². The third-order valence-corrected chi connectivity index (χ3v) is 6.02. The zero-order chi connectivity index (χ0) is 17.2. The topological polar surface area (TPSA) is 81.2 Å². The van der Waals surface area contributed by atoms with Crippen LogP contribution in [0.4, 0.5) is 5.69 Å². The van der Waals surface area contributed by atoms with Crippen LogP contribution in [0, 0.1) is 0 Å². The number of thiophene rings is 1. The van der Waals surface area contributed by atoms with Gasteiger partial charge in [-0.15, -0.1) is 11.3 Å². The second-order valence-corrected chi connectivity index (χ2v) is 8.52. The van der Waals surface area contributed by atoms with Crippen molar-refractivity contribution in [2.24, 2.45) is 0 Å². The lowest BCUT2D eigenvalue weighted by atomic mass is 10.4. The molecule has 3 heterocycles. The molecule has 0 radical (unpaired) electrons. The van der Waals surface area contributed by atoms with Crippen molar-refractivity contribution in [3.8, 4) is 11.6 Å². The van der Waals surface area contributed by atoms with Crippen LogP contribution in [0.25, 0.3) is 0 Å². The number of nitrogens with zero attached hydrogens (tertiary/aromatic N) is 2. The molecular formula is C14H9Cl2N3O3S2. The fourth-order valence-corrected chi connectivity index (χ4v) is 4.43. The van der Waals surface area contributed by atoms with Crippen LogP contribution in [0.5, 0.6) is 11.6 Å². The summed E-state index contributed by atoms with van der Waals surface area (Å²) in [5.74, 6) is 0.463. The number of hydrogen-bond acceptors (Lipinski definition) is 6. The summed E-state index contributed by atoms with van der Waals surface area (Å²) in [6.07, 6.45) is 4.42. The quantitative estimate of drug-likeness (QED) is 0.683. The standard InChI is InChI=1S/C14H9Cl2N3O3S2/c15-9-6-11(19-24(20,21)13-4-3-12(16)23-13)14(18-7-9)22-10-2-1-5-17-8-10/h1-8,19H. The van der Waals surface area contributed by atoms with Crippen LogP contribution in [0.15, 0.2) is 53.1 Å². The maximum absolute atomic E-state index is 12.4. The van der Waals surface area contributed by atoms with E-state index in [1.54, 1.807) is 18.3 Å². The third-order valence-electron chi connectivity index (χ3n) is 2.72. The van der Waals surface area contributed by atoms with Gasteiger partial charge in [-0.3, -0.25) is 9.71 Å². The number of rotatable bonds is 5. The second-order valence-electron chi connectivity index (χ2n) is 4.46. The molecule has 24 heavy (non-hydrogen) atoms. The summed E-state index contributed by atoms with van der Waals surface area (Å²) >= 11 is 12.6. The zero-order valence-electron chi connectivity index (χ0n) is 11.8. The lowest BCUT2D eigenvalue weighted by molar-refractivity contribution is 0.463. The molecular weight excluding hydrogens is 393 g/mol. The molecule has 3 aromatic heterocycles. The monoisotopic (exact) mass is 401 g/mol. The van der Waals surface area contributed by atoms with Gasteiger partial charge in [0.2, 0.25) is 5.88 Å². The minimum absolute atomic E-state index is 0.0543. The normalized spacial score (nSPS) is 11.2. The molecule has 0 saturated heterocycles. The van der Waals surface area contributed by atoms with E-state index in [1.165, 1.54) is 30.6 Å². The van der Waals surface area contributed by atoms with Crippen molar-refractivity contribution in [1.29, 1.82) is 0 Å². The van der Waals surface area contributed by atoms with Crippen LogP contribution in [0.2, 0.25) is 9.36 Å². The summed E-state index contributed by atoms with van der Waals surface area (Å²) < 4.78 is 33.3. The van der Waals surface area contributed by atoms with Crippen LogP contribution in [-0.2, 0) is 10.0 Å². The van der Waals surface area contributed by atoms with Crippen molar-refractivity contribution >= 4 is 50.2 Å². The van der Waals surface area contributed by atoms with Gasteiger partial charge in [-0.05, 0) is 30.3 Å². The van der Waals surface area contributed by atoms with E-state index in [4.69, 9.17) is 27.9 Å². The molecule has 0 fully saturated rings. The Morgan fingerprint density at radius 1 is 1.17 bits per heavy atom. The molecule has 0 atom stereocenters. The van der Waals surface area contributed by atoms with E-state index in [-0.39, 0.29) is 20.8 Å². The Hall–Kier alpha value is -1.87. The van der Waals surface area contributed by atoms with Gasteiger partial charge < -0.3 is 4.74 Å². The number of hydrogen-bond donors (Lipinski definition) is 1. The molecule has 0 aliphatic heterocycles. The van der Waals surface area contributed by atoms with Crippen molar-refractivity contribution in [2.45, 2.75) is 4.21 Å². The van der Waals surface area contributed by atoms with Crippen LogP contribution in [-0.4, -0.2) is 18.4 Å². The molecule has 3 rings (SSSR count). The Labute approximate surface area is 152 Å². The van der Waals surface area contributed by atoms with Crippen LogP contribution in [0.3, 0.4) is 0 Å². The van der Waals surface area contributed by atoms with Gasteiger partial charge in [-0.1, -0.05) is 23.2 Å². The Balaban J connectivity index is 1.94. The van der Waals surface area contributed by atoms with Gasteiger partial charge in [-0.25, -0.2) is 13.4 Å². The zero-order valence-corrected chi connectivity index (χ0v) is 15.0. The van der Waals surface area contributed by atoms with E-state index < -0.39 is 10.0 Å². The highest BCUT2D eigenvalue weighted by molar-refractivity contribution is 7.94. The molecule has 0 amide bonds. The largest absolute Gasteiger partial charge is 0.435 e. The first-order valence-electron chi connectivity index (χ1n) is 6.45. The number of aromatic nitrogens is 2. The second kappa shape index (κ2) is 6.94. The smallest absolute Gasteiger partial charge is 0.271 e. The van der Waals surface area contributed by atoms with Crippen molar-refractivity contribution in [3.63, 3.8) is 0 Å². The Bertz CT molecular complexity index is 962. The van der Waals surface area contributed by atoms with Crippen LogP contribution >= 0.6 is 34.5 Å².